The molecule has 8 saturated carbocycles. The van der Waals surface area contributed by atoms with Crippen LogP contribution in [0.5, 0.6) is 0 Å². The minimum atomic E-state index is 0.436. The fourth-order valence-electron chi connectivity index (χ4n) is 12.4. The molecule has 0 aromatic heterocycles. The topological polar surface area (TPSA) is 0 Å². The molecule has 36 heavy (non-hydrogen) atoms. The fourth-order valence-corrected chi connectivity index (χ4v) is 12.4. The Morgan fingerprint density at radius 3 is 1.14 bits per heavy atom. The molecule has 2 aromatic rings. The average molecular weight is 475 g/mol. The van der Waals surface area contributed by atoms with Crippen LogP contribution >= 0.6 is 0 Å². The molecule has 10 rings (SSSR count). The van der Waals surface area contributed by atoms with Crippen LogP contribution in [0.1, 0.15) is 99.3 Å². The van der Waals surface area contributed by atoms with Crippen molar-refractivity contribution in [1.29, 1.82) is 0 Å². The molecule has 8 bridgehead atoms. The van der Waals surface area contributed by atoms with E-state index in [1.54, 1.807) is 36.8 Å². The summed E-state index contributed by atoms with van der Waals surface area (Å²) in [5, 5.41) is 0. The summed E-state index contributed by atoms with van der Waals surface area (Å²) in [6.07, 6.45) is 22.0. The van der Waals surface area contributed by atoms with Gasteiger partial charge in [-0.15, -0.1) is 0 Å². The van der Waals surface area contributed by atoms with Crippen LogP contribution < -0.4 is 0 Å². The van der Waals surface area contributed by atoms with E-state index in [9.17, 15) is 0 Å². The molecule has 0 N–H and O–H groups in total. The van der Waals surface area contributed by atoms with E-state index in [0.717, 1.165) is 23.7 Å². The van der Waals surface area contributed by atoms with Gasteiger partial charge in [0.15, 0.2) is 0 Å². The Kier molecular flexibility index (Phi) is 4.43. The number of rotatable bonds is 5. The van der Waals surface area contributed by atoms with Crippen LogP contribution in [0.3, 0.4) is 0 Å². The molecular formula is C36H42. The van der Waals surface area contributed by atoms with Crippen LogP contribution in [0.4, 0.5) is 0 Å². The van der Waals surface area contributed by atoms with Gasteiger partial charge in [-0.2, -0.15) is 0 Å². The highest BCUT2D eigenvalue weighted by atomic mass is 14.7. The van der Waals surface area contributed by atoms with Crippen molar-refractivity contribution in [2.24, 2.45) is 34.5 Å². The maximum atomic E-state index is 4.01. The Hall–Kier alpha value is -2.08. The lowest BCUT2D eigenvalue weighted by atomic mass is 9.30. The highest BCUT2D eigenvalue weighted by molar-refractivity contribution is 5.49. The minimum absolute atomic E-state index is 0.436. The third kappa shape index (κ3) is 2.88. The molecule has 8 aliphatic carbocycles. The highest BCUT2D eigenvalue weighted by Gasteiger charge is 2.70. The van der Waals surface area contributed by atoms with Crippen LogP contribution in [0, 0.1) is 34.5 Å². The van der Waals surface area contributed by atoms with Crippen molar-refractivity contribution in [2.75, 3.05) is 0 Å². The maximum absolute atomic E-state index is 4.01. The summed E-state index contributed by atoms with van der Waals surface area (Å²) in [5.41, 5.74) is 7.89. The van der Waals surface area contributed by atoms with Crippen LogP contribution in [0.25, 0.3) is 12.2 Å². The van der Waals surface area contributed by atoms with Gasteiger partial charge in [-0.25, -0.2) is 0 Å². The van der Waals surface area contributed by atoms with Gasteiger partial charge in [0.2, 0.25) is 0 Å². The zero-order valence-electron chi connectivity index (χ0n) is 22.0. The summed E-state index contributed by atoms with van der Waals surface area (Å²) < 4.78 is 0. The third-order valence-corrected chi connectivity index (χ3v) is 12.8. The smallest absolute Gasteiger partial charge is 0.00362 e. The SMILES string of the molecule is C=Cc1ccc(C23CC4CC(C2)CC(C25CC6CC(CC(c7ccc(C=C)cc7)(C6)C2)C5)(C4)C3)cc1. The normalized spacial score (nSPS) is 45.7. The van der Waals surface area contributed by atoms with Gasteiger partial charge >= 0.3 is 0 Å². The Morgan fingerprint density at radius 2 is 0.833 bits per heavy atom. The quantitative estimate of drug-likeness (QED) is 0.405. The van der Waals surface area contributed by atoms with Gasteiger partial charge in [0, 0.05) is 0 Å². The predicted octanol–water partition coefficient (Wildman–Crippen LogP) is 9.35. The Labute approximate surface area is 218 Å². The molecule has 0 heterocycles. The number of hydrogen-bond donors (Lipinski definition) is 0. The molecule has 0 radical (unpaired) electrons. The van der Waals surface area contributed by atoms with Gasteiger partial charge in [0.05, 0.1) is 0 Å². The molecule has 0 amide bonds. The maximum Gasteiger partial charge on any atom is -0.00362 e. The van der Waals surface area contributed by atoms with Crippen LogP contribution in [-0.4, -0.2) is 0 Å². The first-order valence-corrected chi connectivity index (χ1v) is 14.9. The Balaban J connectivity index is 1.21. The van der Waals surface area contributed by atoms with Gasteiger partial charge in [-0.05, 0) is 145 Å². The predicted molar refractivity (Wildman–Crippen MR) is 151 cm³/mol. The van der Waals surface area contributed by atoms with E-state index in [-0.39, 0.29) is 0 Å². The van der Waals surface area contributed by atoms with E-state index < -0.39 is 0 Å². The van der Waals surface area contributed by atoms with E-state index in [2.05, 4.69) is 61.7 Å². The van der Waals surface area contributed by atoms with E-state index in [1.807, 2.05) is 12.2 Å². The number of benzene rings is 2. The molecule has 0 aliphatic heterocycles. The van der Waals surface area contributed by atoms with Crippen molar-refractivity contribution in [1.82, 2.24) is 0 Å². The monoisotopic (exact) mass is 474 g/mol. The van der Waals surface area contributed by atoms with E-state index in [1.165, 1.54) is 62.5 Å². The molecule has 4 atom stereocenters. The van der Waals surface area contributed by atoms with Crippen molar-refractivity contribution in [3.63, 3.8) is 0 Å². The summed E-state index contributed by atoms with van der Waals surface area (Å²) >= 11 is 0. The average Bonchev–Trinajstić information content (AvgIpc) is 2.87. The Bertz CT molecular complexity index is 1080. The summed E-state index contributed by atoms with van der Waals surface area (Å²) in [7, 11) is 0. The highest BCUT2D eigenvalue weighted by Crippen LogP contribution is 2.78. The number of hydrogen-bond acceptors (Lipinski definition) is 0. The molecule has 0 spiro atoms. The molecule has 0 heteroatoms. The second-order valence-corrected chi connectivity index (χ2v) is 14.7. The molecule has 0 nitrogen and oxygen atoms in total. The minimum Gasteiger partial charge on any atom is -0.0985 e. The summed E-state index contributed by atoms with van der Waals surface area (Å²) in [6, 6.07) is 19.3. The first-order valence-electron chi connectivity index (χ1n) is 14.9. The van der Waals surface area contributed by atoms with E-state index in [4.69, 9.17) is 0 Å². The van der Waals surface area contributed by atoms with Gasteiger partial charge in [0.25, 0.3) is 0 Å². The third-order valence-electron chi connectivity index (χ3n) is 12.8. The standard InChI is InChI=1S/C36H42/c1-3-25-5-9-31(10-6-25)33-15-27-13-28(16-33)20-35(19-27,23-33)36-21-29-14-30(22-36)18-34(17-29,24-36)32-11-7-26(4-2)8-12-32/h3-12,27-30H,1-2,13-24H2. The molecule has 0 saturated heterocycles. The van der Waals surface area contributed by atoms with Crippen LogP contribution in [0.2, 0.25) is 0 Å². The van der Waals surface area contributed by atoms with E-state index >= 15 is 0 Å². The zero-order valence-corrected chi connectivity index (χ0v) is 22.0. The van der Waals surface area contributed by atoms with Crippen molar-refractivity contribution in [3.8, 4) is 0 Å². The molecule has 8 fully saturated rings. The van der Waals surface area contributed by atoms with Gasteiger partial charge < -0.3 is 0 Å². The van der Waals surface area contributed by atoms with Crippen molar-refractivity contribution in [2.45, 2.75) is 87.9 Å². The molecule has 186 valence electrons. The van der Waals surface area contributed by atoms with Gasteiger partial charge in [-0.3, -0.25) is 0 Å². The second kappa shape index (κ2) is 7.27. The largest absolute Gasteiger partial charge is 0.0985 e. The summed E-state index contributed by atoms with van der Waals surface area (Å²) in [6.45, 7) is 8.01. The van der Waals surface area contributed by atoms with Crippen molar-refractivity contribution in [3.05, 3.63) is 83.9 Å². The lowest BCUT2D eigenvalue weighted by molar-refractivity contribution is -0.212. The van der Waals surface area contributed by atoms with Crippen molar-refractivity contribution < 1.29 is 0 Å². The summed E-state index contributed by atoms with van der Waals surface area (Å²) in [4.78, 5) is 0. The molecular weight excluding hydrogens is 432 g/mol. The molecule has 2 aromatic carbocycles. The first-order chi connectivity index (χ1) is 17.5. The van der Waals surface area contributed by atoms with Crippen LogP contribution in [0.15, 0.2) is 61.7 Å². The summed E-state index contributed by atoms with van der Waals surface area (Å²) in [5.74, 6) is 3.84. The van der Waals surface area contributed by atoms with E-state index in [0.29, 0.717) is 21.7 Å². The van der Waals surface area contributed by atoms with Crippen LogP contribution in [-0.2, 0) is 10.8 Å². The van der Waals surface area contributed by atoms with Gasteiger partial charge in [0.1, 0.15) is 0 Å². The lowest BCUT2D eigenvalue weighted by Crippen LogP contribution is -2.66. The molecule has 4 unspecified atom stereocenters. The zero-order chi connectivity index (χ0) is 24.2. The van der Waals surface area contributed by atoms with Crippen molar-refractivity contribution >= 4 is 12.2 Å². The molecule has 8 aliphatic rings. The Morgan fingerprint density at radius 1 is 0.500 bits per heavy atom. The lowest BCUT2D eigenvalue weighted by Gasteiger charge is -2.74. The van der Waals surface area contributed by atoms with Gasteiger partial charge in [-0.1, -0.05) is 73.8 Å². The first kappa shape index (κ1) is 22.0. The fraction of sp³-hybridized carbons (Fsp3) is 0.556. The second-order valence-electron chi connectivity index (χ2n) is 14.7.